The van der Waals surface area contributed by atoms with Crippen LogP contribution in [-0.2, 0) is 17.9 Å². The fourth-order valence-corrected chi connectivity index (χ4v) is 5.35. The number of likely N-dealkylation sites (tertiary alicyclic amines) is 1. The van der Waals surface area contributed by atoms with E-state index in [1.54, 1.807) is 51.5 Å². The van der Waals surface area contributed by atoms with Crippen LogP contribution in [0.1, 0.15) is 33.6 Å². The molecule has 0 bridgehead atoms. The molecule has 2 aliphatic rings. The Morgan fingerprint density at radius 2 is 1.73 bits per heavy atom. The molecule has 3 aromatic rings. The van der Waals surface area contributed by atoms with E-state index in [2.05, 4.69) is 4.90 Å². The van der Waals surface area contributed by atoms with Crippen LogP contribution in [0.5, 0.6) is 11.5 Å². The van der Waals surface area contributed by atoms with Crippen LogP contribution in [0.25, 0.3) is 0 Å². The Morgan fingerprint density at radius 3 is 2.49 bits per heavy atom. The lowest BCUT2D eigenvalue weighted by molar-refractivity contribution is -0.133. The summed E-state index contributed by atoms with van der Waals surface area (Å²) in [7, 11) is 0. The summed E-state index contributed by atoms with van der Waals surface area (Å²) in [6, 6.07) is 15.2. The minimum Gasteiger partial charge on any atom is -0.454 e. The summed E-state index contributed by atoms with van der Waals surface area (Å²) in [4.78, 5) is 34.0. The van der Waals surface area contributed by atoms with Crippen LogP contribution in [-0.4, -0.2) is 66.0 Å². The topological polar surface area (TPSA) is 62.3 Å². The number of halogens is 1. The Hall–Kier alpha value is -3.43. The molecule has 2 aliphatic heterocycles. The van der Waals surface area contributed by atoms with E-state index < -0.39 is 0 Å². The third-order valence-corrected chi connectivity index (χ3v) is 7.55. The highest BCUT2D eigenvalue weighted by Crippen LogP contribution is 2.33. The molecule has 7 nitrogen and oxygen atoms in total. The van der Waals surface area contributed by atoms with Crippen molar-refractivity contribution in [2.75, 3.05) is 39.5 Å². The minimum atomic E-state index is -0.317. The molecule has 0 atom stereocenters. The van der Waals surface area contributed by atoms with Crippen molar-refractivity contribution in [3.8, 4) is 11.5 Å². The number of amides is 2. The van der Waals surface area contributed by atoms with E-state index in [0.29, 0.717) is 43.2 Å². The van der Waals surface area contributed by atoms with Gasteiger partial charge in [0.25, 0.3) is 5.91 Å². The van der Waals surface area contributed by atoms with Gasteiger partial charge in [0.1, 0.15) is 12.4 Å². The van der Waals surface area contributed by atoms with Gasteiger partial charge < -0.3 is 24.2 Å². The van der Waals surface area contributed by atoms with Crippen molar-refractivity contribution in [2.45, 2.75) is 25.9 Å². The maximum atomic E-state index is 13.7. The van der Waals surface area contributed by atoms with Gasteiger partial charge in [0, 0.05) is 30.1 Å². The van der Waals surface area contributed by atoms with Gasteiger partial charge in [0.15, 0.2) is 11.5 Å². The summed E-state index contributed by atoms with van der Waals surface area (Å²) < 4.78 is 24.3. The number of hydrogen-bond donors (Lipinski definition) is 0. The molecular formula is C28H30FN3O4S. The number of hydrogen-bond acceptors (Lipinski definition) is 6. The zero-order valence-corrected chi connectivity index (χ0v) is 21.4. The monoisotopic (exact) mass is 523 g/mol. The van der Waals surface area contributed by atoms with Crippen LogP contribution >= 0.6 is 11.3 Å². The fourth-order valence-electron chi connectivity index (χ4n) is 4.63. The molecule has 0 unspecified atom stereocenters. The number of carbonyl (C=O) groups is 2. The third kappa shape index (κ3) is 6.47. The summed E-state index contributed by atoms with van der Waals surface area (Å²) in [5.74, 6) is 0.448. The second-order valence-electron chi connectivity index (χ2n) is 9.30. The Bertz CT molecular complexity index is 1210. The van der Waals surface area contributed by atoms with Gasteiger partial charge >= 0.3 is 0 Å². The molecular weight excluding hydrogens is 493 g/mol. The van der Waals surface area contributed by atoms with E-state index in [0.717, 1.165) is 36.4 Å². The number of thiophene rings is 1. The quantitative estimate of drug-likeness (QED) is 0.395. The molecule has 0 saturated carbocycles. The van der Waals surface area contributed by atoms with Crippen molar-refractivity contribution in [2.24, 2.45) is 0 Å². The maximum absolute atomic E-state index is 13.7. The van der Waals surface area contributed by atoms with Crippen LogP contribution in [0.2, 0.25) is 0 Å². The molecule has 1 saturated heterocycles. The molecule has 0 radical (unpaired) electrons. The molecule has 3 heterocycles. The molecule has 9 heteroatoms. The lowest BCUT2D eigenvalue weighted by Gasteiger charge is -2.29. The molecule has 2 amide bonds. The van der Waals surface area contributed by atoms with Crippen LogP contribution in [0.4, 0.5) is 4.39 Å². The first-order chi connectivity index (χ1) is 18.0. The second-order valence-corrected chi connectivity index (χ2v) is 10.3. The molecule has 5 rings (SSSR count). The van der Waals surface area contributed by atoms with Crippen molar-refractivity contribution in [3.05, 3.63) is 81.8 Å². The number of rotatable bonds is 10. The standard InChI is InChI=1S/C28H30FN3O4S/c29-23-8-5-21(6-9-23)17-32(18-24-4-3-15-37-24)27(33)19-31(14-13-30-11-1-2-12-30)28(34)22-7-10-25-26(16-22)36-20-35-25/h3-10,15-16H,1-2,11-14,17-20H2. The lowest BCUT2D eigenvalue weighted by atomic mass is 10.1. The predicted octanol–water partition coefficient (Wildman–Crippen LogP) is 4.38. The van der Waals surface area contributed by atoms with Crippen molar-refractivity contribution in [1.82, 2.24) is 14.7 Å². The Balaban J connectivity index is 1.35. The summed E-state index contributed by atoms with van der Waals surface area (Å²) in [6.07, 6.45) is 2.31. The van der Waals surface area contributed by atoms with Crippen LogP contribution in [0.3, 0.4) is 0 Å². The number of nitrogens with zero attached hydrogens (tertiary/aromatic N) is 3. The predicted molar refractivity (Wildman–Crippen MR) is 139 cm³/mol. The molecule has 194 valence electrons. The van der Waals surface area contributed by atoms with E-state index in [4.69, 9.17) is 9.47 Å². The van der Waals surface area contributed by atoms with Crippen molar-refractivity contribution in [1.29, 1.82) is 0 Å². The Kier molecular flexibility index (Phi) is 8.01. The average molecular weight is 524 g/mol. The minimum absolute atomic E-state index is 0.0479. The van der Waals surface area contributed by atoms with Gasteiger partial charge in [-0.3, -0.25) is 9.59 Å². The fraction of sp³-hybridized carbons (Fsp3) is 0.357. The van der Waals surface area contributed by atoms with Crippen molar-refractivity contribution in [3.63, 3.8) is 0 Å². The molecule has 0 aliphatic carbocycles. The van der Waals surface area contributed by atoms with Crippen LogP contribution in [0, 0.1) is 5.82 Å². The van der Waals surface area contributed by atoms with E-state index in [1.165, 1.54) is 12.1 Å². The Morgan fingerprint density at radius 1 is 0.946 bits per heavy atom. The molecule has 2 aromatic carbocycles. The first-order valence-electron chi connectivity index (χ1n) is 12.5. The average Bonchev–Trinajstić information content (AvgIpc) is 3.69. The number of carbonyl (C=O) groups excluding carboxylic acids is 2. The van der Waals surface area contributed by atoms with Gasteiger partial charge in [-0.15, -0.1) is 11.3 Å². The highest BCUT2D eigenvalue weighted by atomic mass is 32.1. The summed E-state index contributed by atoms with van der Waals surface area (Å²) >= 11 is 1.58. The SMILES string of the molecule is O=C(CN(CCN1CCCC1)C(=O)c1ccc2c(c1)OCO2)N(Cc1ccc(F)cc1)Cc1cccs1. The summed E-state index contributed by atoms with van der Waals surface area (Å²) in [5, 5.41) is 1.97. The van der Waals surface area contributed by atoms with E-state index in [1.807, 2.05) is 17.5 Å². The second kappa shape index (κ2) is 11.7. The van der Waals surface area contributed by atoms with Gasteiger partial charge in [-0.25, -0.2) is 4.39 Å². The van der Waals surface area contributed by atoms with E-state index >= 15 is 0 Å². The van der Waals surface area contributed by atoms with Crippen LogP contribution in [0.15, 0.2) is 60.0 Å². The largest absolute Gasteiger partial charge is 0.454 e. The first kappa shape index (κ1) is 25.2. The highest BCUT2D eigenvalue weighted by Gasteiger charge is 2.26. The molecule has 0 spiro atoms. The normalized spacial score (nSPS) is 14.6. The highest BCUT2D eigenvalue weighted by molar-refractivity contribution is 7.09. The molecule has 0 N–H and O–H groups in total. The van der Waals surface area contributed by atoms with Crippen molar-refractivity contribution < 1.29 is 23.5 Å². The van der Waals surface area contributed by atoms with Gasteiger partial charge in [0.2, 0.25) is 12.7 Å². The van der Waals surface area contributed by atoms with Crippen molar-refractivity contribution >= 4 is 23.2 Å². The number of benzene rings is 2. The number of ether oxygens (including phenoxy) is 2. The molecule has 1 aromatic heterocycles. The smallest absolute Gasteiger partial charge is 0.254 e. The molecule has 37 heavy (non-hydrogen) atoms. The molecule has 1 fully saturated rings. The summed E-state index contributed by atoms with van der Waals surface area (Å²) in [5.41, 5.74) is 1.29. The van der Waals surface area contributed by atoms with E-state index in [9.17, 15) is 14.0 Å². The zero-order valence-electron chi connectivity index (χ0n) is 20.6. The third-order valence-electron chi connectivity index (χ3n) is 6.68. The Labute approximate surface area is 220 Å². The van der Waals surface area contributed by atoms with Crippen LogP contribution < -0.4 is 9.47 Å². The first-order valence-corrected chi connectivity index (χ1v) is 13.4. The van der Waals surface area contributed by atoms with Gasteiger partial charge in [-0.05, 0) is 73.3 Å². The van der Waals surface area contributed by atoms with E-state index in [-0.39, 0.29) is 31.0 Å². The van der Waals surface area contributed by atoms with Gasteiger partial charge in [0.05, 0.1) is 6.54 Å². The number of fused-ring (bicyclic) bond motifs is 1. The van der Waals surface area contributed by atoms with Gasteiger partial charge in [-0.1, -0.05) is 18.2 Å². The van der Waals surface area contributed by atoms with Gasteiger partial charge in [-0.2, -0.15) is 0 Å². The zero-order chi connectivity index (χ0) is 25.6. The summed E-state index contributed by atoms with van der Waals surface area (Å²) in [6.45, 7) is 4.01. The maximum Gasteiger partial charge on any atom is 0.254 e. The lowest BCUT2D eigenvalue weighted by Crippen LogP contribution is -2.45.